The van der Waals surface area contributed by atoms with Gasteiger partial charge in [0, 0.05) is 52.2 Å². The molecule has 2 aliphatic heterocycles. The summed E-state index contributed by atoms with van der Waals surface area (Å²) in [5.74, 6) is -2.19. The Kier molecular flexibility index (Phi) is 7.64. The number of nitrogens with one attached hydrogen (secondary N) is 1. The van der Waals surface area contributed by atoms with Crippen molar-refractivity contribution < 1.29 is 24.6 Å². The van der Waals surface area contributed by atoms with Crippen LogP contribution in [0.4, 0.5) is 5.69 Å². The first-order valence-electron chi connectivity index (χ1n) is 10.5. The van der Waals surface area contributed by atoms with E-state index in [1.165, 1.54) is 6.07 Å². The lowest BCUT2D eigenvalue weighted by molar-refractivity contribution is -0.144. The molecule has 2 heterocycles. The molecular formula is C21H30N4O5. The smallest absolute Gasteiger partial charge is 0.308 e. The molecule has 1 atom stereocenters. The first-order valence-corrected chi connectivity index (χ1v) is 10.5. The minimum absolute atomic E-state index is 0.0580. The van der Waals surface area contributed by atoms with E-state index in [2.05, 4.69) is 10.2 Å². The van der Waals surface area contributed by atoms with Gasteiger partial charge in [0.1, 0.15) is 5.75 Å². The molecule has 1 aromatic rings. The highest BCUT2D eigenvalue weighted by Gasteiger charge is 2.28. The van der Waals surface area contributed by atoms with Crippen LogP contribution in [0.25, 0.3) is 0 Å². The SMILES string of the molecule is O=C(CC(CN1CCN(CC(=O)N2CCCC2)CC1)C(=O)O)Nc1ccccc1O. The number of hydrogen-bond acceptors (Lipinski definition) is 6. The molecular weight excluding hydrogens is 388 g/mol. The summed E-state index contributed by atoms with van der Waals surface area (Å²) >= 11 is 0. The molecule has 2 amide bonds. The number of carbonyl (C=O) groups excluding carboxylic acids is 2. The quantitative estimate of drug-likeness (QED) is 0.532. The highest BCUT2D eigenvalue weighted by atomic mass is 16.4. The van der Waals surface area contributed by atoms with E-state index in [1.807, 2.05) is 9.80 Å². The summed E-state index contributed by atoms with van der Waals surface area (Å²) in [5.41, 5.74) is 0.267. The van der Waals surface area contributed by atoms with Crippen LogP contribution in [0.2, 0.25) is 0 Å². The Labute approximate surface area is 176 Å². The van der Waals surface area contributed by atoms with Crippen LogP contribution >= 0.6 is 0 Å². The molecule has 30 heavy (non-hydrogen) atoms. The van der Waals surface area contributed by atoms with Gasteiger partial charge in [0.15, 0.2) is 0 Å². The maximum Gasteiger partial charge on any atom is 0.308 e. The summed E-state index contributed by atoms with van der Waals surface area (Å²) in [7, 11) is 0. The van der Waals surface area contributed by atoms with Gasteiger partial charge >= 0.3 is 5.97 Å². The number of aromatic hydroxyl groups is 1. The average molecular weight is 418 g/mol. The zero-order valence-corrected chi connectivity index (χ0v) is 17.1. The molecule has 2 saturated heterocycles. The van der Waals surface area contributed by atoms with Gasteiger partial charge in [-0.2, -0.15) is 0 Å². The highest BCUT2D eigenvalue weighted by Crippen LogP contribution is 2.22. The van der Waals surface area contributed by atoms with Crippen LogP contribution in [-0.4, -0.2) is 95.1 Å². The molecule has 9 heteroatoms. The number of carboxylic acid groups (broad SMARTS) is 1. The molecule has 0 bridgehead atoms. The van der Waals surface area contributed by atoms with E-state index >= 15 is 0 Å². The van der Waals surface area contributed by atoms with Crippen molar-refractivity contribution >= 4 is 23.5 Å². The molecule has 0 radical (unpaired) electrons. The van der Waals surface area contributed by atoms with Crippen molar-refractivity contribution in [3.63, 3.8) is 0 Å². The Morgan fingerprint density at radius 1 is 0.967 bits per heavy atom. The van der Waals surface area contributed by atoms with Gasteiger partial charge in [0.05, 0.1) is 18.2 Å². The second-order valence-electron chi connectivity index (χ2n) is 7.97. The number of piperazine rings is 1. The monoisotopic (exact) mass is 418 g/mol. The number of para-hydroxylation sites is 2. The molecule has 3 N–H and O–H groups in total. The molecule has 0 spiro atoms. The van der Waals surface area contributed by atoms with Crippen LogP contribution in [0.15, 0.2) is 24.3 Å². The van der Waals surface area contributed by atoms with Crippen LogP contribution in [0.3, 0.4) is 0 Å². The lowest BCUT2D eigenvalue weighted by atomic mass is 10.0. The number of benzene rings is 1. The zero-order valence-electron chi connectivity index (χ0n) is 17.1. The normalized spacial score (nSPS) is 18.9. The van der Waals surface area contributed by atoms with Crippen LogP contribution in [-0.2, 0) is 14.4 Å². The summed E-state index contributed by atoms with van der Waals surface area (Å²) in [6.07, 6.45) is 1.98. The first kappa shape index (κ1) is 22.0. The van der Waals surface area contributed by atoms with Gasteiger partial charge in [-0.25, -0.2) is 0 Å². The standard InChI is InChI=1S/C21H30N4O5/c26-18-6-2-1-5-17(18)22-19(27)13-16(21(29)30)14-23-9-11-24(12-10-23)15-20(28)25-7-3-4-8-25/h1-2,5-6,16,26H,3-4,7-15H2,(H,22,27)(H,29,30). The van der Waals surface area contributed by atoms with E-state index in [4.69, 9.17) is 0 Å². The van der Waals surface area contributed by atoms with Crippen LogP contribution in [0.5, 0.6) is 5.75 Å². The Morgan fingerprint density at radius 3 is 2.23 bits per heavy atom. The number of carboxylic acids is 1. The number of anilines is 1. The molecule has 164 valence electrons. The van der Waals surface area contributed by atoms with E-state index < -0.39 is 17.8 Å². The maximum atomic E-state index is 12.3. The number of rotatable bonds is 8. The zero-order chi connectivity index (χ0) is 21.5. The molecule has 3 rings (SSSR count). The van der Waals surface area contributed by atoms with Gasteiger partial charge in [-0.05, 0) is 25.0 Å². The fourth-order valence-corrected chi connectivity index (χ4v) is 3.93. The lowest BCUT2D eigenvalue weighted by Crippen LogP contribution is -2.51. The van der Waals surface area contributed by atoms with Gasteiger partial charge in [0.25, 0.3) is 0 Å². The van der Waals surface area contributed by atoms with E-state index in [-0.39, 0.29) is 30.3 Å². The summed E-state index contributed by atoms with van der Waals surface area (Å²) in [5, 5.41) is 21.9. The van der Waals surface area contributed by atoms with Gasteiger partial charge in [0.2, 0.25) is 11.8 Å². The van der Waals surface area contributed by atoms with Gasteiger partial charge < -0.3 is 20.4 Å². The number of aliphatic carboxylic acids is 1. The number of hydrogen-bond donors (Lipinski definition) is 3. The summed E-state index contributed by atoms with van der Waals surface area (Å²) in [4.78, 5) is 42.3. The second-order valence-corrected chi connectivity index (χ2v) is 7.97. The topological polar surface area (TPSA) is 113 Å². The fourth-order valence-electron chi connectivity index (χ4n) is 3.93. The van der Waals surface area contributed by atoms with Crippen molar-refractivity contribution in [3.8, 4) is 5.75 Å². The summed E-state index contributed by atoms with van der Waals surface area (Å²) in [6, 6.07) is 6.34. The predicted octanol–water partition coefficient (Wildman–Crippen LogP) is 0.662. The number of carbonyl (C=O) groups is 3. The van der Waals surface area contributed by atoms with Crippen molar-refractivity contribution in [2.45, 2.75) is 19.3 Å². The molecule has 2 aliphatic rings. The van der Waals surface area contributed by atoms with E-state index in [9.17, 15) is 24.6 Å². The summed E-state index contributed by atoms with van der Waals surface area (Å²) in [6.45, 7) is 5.13. The Bertz CT molecular complexity index is 758. The van der Waals surface area contributed by atoms with Crippen LogP contribution in [0.1, 0.15) is 19.3 Å². The van der Waals surface area contributed by atoms with Crippen molar-refractivity contribution in [1.82, 2.24) is 14.7 Å². The maximum absolute atomic E-state index is 12.3. The third-order valence-electron chi connectivity index (χ3n) is 5.72. The molecule has 1 aromatic carbocycles. The minimum atomic E-state index is -1.02. The van der Waals surface area contributed by atoms with Gasteiger partial charge in [-0.15, -0.1) is 0 Å². The number of likely N-dealkylation sites (tertiary alicyclic amines) is 1. The van der Waals surface area contributed by atoms with Crippen molar-refractivity contribution in [3.05, 3.63) is 24.3 Å². The Morgan fingerprint density at radius 2 is 1.60 bits per heavy atom. The number of phenolic OH excluding ortho intramolecular Hbond substituents is 1. The number of phenols is 1. The second kappa shape index (κ2) is 10.4. The molecule has 9 nitrogen and oxygen atoms in total. The lowest BCUT2D eigenvalue weighted by Gasteiger charge is -2.36. The van der Waals surface area contributed by atoms with E-state index in [0.717, 1.165) is 25.9 Å². The molecule has 0 saturated carbocycles. The van der Waals surface area contributed by atoms with E-state index in [0.29, 0.717) is 32.7 Å². The van der Waals surface area contributed by atoms with Crippen LogP contribution < -0.4 is 5.32 Å². The summed E-state index contributed by atoms with van der Waals surface area (Å²) < 4.78 is 0. The molecule has 2 fully saturated rings. The largest absolute Gasteiger partial charge is 0.506 e. The Balaban J connectivity index is 1.44. The number of nitrogens with zero attached hydrogens (tertiary/aromatic N) is 3. The molecule has 1 unspecified atom stereocenters. The van der Waals surface area contributed by atoms with Gasteiger partial charge in [-0.1, -0.05) is 12.1 Å². The van der Waals surface area contributed by atoms with Crippen molar-refractivity contribution in [1.29, 1.82) is 0 Å². The molecule has 0 aromatic heterocycles. The van der Waals surface area contributed by atoms with Crippen molar-refractivity contribution in [2.24, 2.45) is 5.92 Å². The Hall–Kier alpha value is -2.65. The van der Waals surface area contributed by atoms with Crippen molar-refractivity contribution in [2.75, 3.05) is 57.7 Å². The third-order valence-corrected chi connectivity index (χ3v) is 5.72. The fraction of sp³-hybridized carbons (Fsp3) is 0.571. The van der Waals surface area contributed by atoms with E-state index in [1.54, 1.807) is 18.2 Å². The average Bonchev–Trinajstić information content (AvgIpc) is 3.25. The number of amides is 2. The van der Waals surface area contributed by atoms with Gasteiger partial charge in [-0.3, -0.25) is 24.2 Å². The molecule has 0 aliphatic carbocycles. The third kappa shape index (κ3) is 6.17. The van der Waals surface area contributed by atoms with Crippen LogP contribution in [0, 0.1) is 5.92 Å². The minimum Gasteiger partial charge on any atom is -0.506 e. The predicted molar refractivity (Wildman–Crippen MR) is 111 cm³/mol. The highest BCUT2D eigenvalue weighted by molar-refractivity contribution is 5.94. The first-order chi connectivity index (χ1) is 14.4.